The Morgan fingerprint density at radius 3 is 2.73 bits per heavy atom. The summed E-state index contributed by atoms with van der Waals surface area (Å²) in [5.74, 6) is -0.437. The molecule has 0 atom stereocenters. The van der Waals surface area contributed by atoms with Crippen molar-refractivity contribution < 1.29 is 4.39 Å². The third-order valence-electron chi connectivity index (χ3n) is 2.13. The number of aromatic nitrogens is 2. The normalized spacial score (nSPS) is 10.3. The van der Waals surface area contributed by atoms with Gasteiger partial charge in [-0.1, -0.05) is 12.1 Å². The number of hydrogen-bond donors (Lipinski definition) is 0. The van der Waals surface area contributed by atoms with Crippen LogP contribution in [0.2, 0.25) is 0 Å². The van der Waals surface area contributed by atoms with Gasteiger partial charge in [0.15, 0.2) is 0 Å². The molecule has 0 fully saturated rings. The van der Waals surface area contributed by atoms with Gasteiger partial charge in [0, 0.05) is 24.0 Å². The number of rotatable bonds is 2. The zero-order chi connectivity index (χ0) is 10.7. The molecule has 0 amide bonds. The van der Waals surface area contributed by atoms with Crippen LogP contribution in [0.15, 0.2) is 36.5 Å². The highest BCUT2D eigenvalue weighted by Gasteiger charge is 1.99. The van der Waals surface area contributed by atoms with E-state index in [2.05, 4.69) is 9.97 Å². The van der Waals surface area contributed by atoms with E-state index in [9.17, 15) is 4.39 Å². The zero-order valence-electron chi connectivity index (χ0n) is 8.44. The van der Waals surface area contributed by atoms with Gasteiger partial charge in [0.2, 0.25) is 5.95 Å². The molecule has 0 radical (unpaired) electrons. The molecule has 3 heteroatoms. The first-order valence-electron chi connectivity index (χ1n) is 4.77. The van der Waals surface area contributed by atoms with Gasteiger partial charge in [-0.15, -0.1) is 0 Å². The lowest BCUT2D eigenvalue weighted by Crippen LogP contribution is -1.95. The van der Waals surface area contributed by atoms with Crippen LogP contribution < -0.4 is 0 Å². The summed E-state index contributed by atoms with van der Waals surface area (Å²) >= 11 is 0. The summed E-state index contributed by atoms with van der Waals surface area (Å²) in [5, 5.41) is 0. The van der Waals surface area contributed by atoms with Gasteiger partial charge in [-0.05, 0) is 30.7 Å². The summed E-state index contributed by atoms with van der Waals surface area (Å²) in [6.07, 6.45) is 2.41. The van der Waals surface area contributed by atoms with Crippen LogP contribution in [-0.4, -0.2) is 9.97 Å². The van der Waals surface area contributed by atoms with Crippen LogP contribution in [-0.2, 0) is 6.42 Å². The van der Waals surface area contributed by atoms with Gasteiger partial charge in [0.05, 0.1) is 0 Å². The minimum absolute atomic E-state index is 0.437. The zero-order valence-corrected chi connectivity index (χ0v) is 8.44. The van der Waals surface area contributed by atoms with Crippen LogP contribution in [0.3, 0.4) is 0 Å². The molecule has 2 aromatic rings. The fourth-order valence-corrected chi connectivity index (χ4v) is 1.36. The van der Waals surface area contributed by atoms with E-state index in [1.165, 1.54) is 6.07 Å². The van der Waals surface area contributed by atoms with Gasteiger partial charge >= 0.3 is 0 Å². The van der Waals surface area contributed by atoms with Crippen molar-refractivity contribution in [3.05, 3.63) is 59.4 Å². The number of halogens is 1. The molecular weight excluding hydrogens is 191 g/mol. The van der Waals surface area contributed by atoms with Crippen LogP contribution >= 0.6 is 0 Å². The summed E-state index contributed by atoms with van der Waals surface area (Å²) in [4.78, 5) is 7.97. The topological polar surface area (TPSA) is 25.8 Å². The molecule has 0 spiro atoms. The Labute approximate surface area is 87.8 Å². The highest BCUT2D eigenvalue weighted by atomic mass is 19.1. The lowest BCUT2D eigenvalue weighted by molar-refractivity contribution is 0.578. The van der Waals surface area contributed by atoms with E-state index in [0.717, 1.165) is 17.0 Å². The minimum atomic E-state index is -0.437. The molecule has 2 aromatic heterocycles. The Kier molecular flexibility index (Phi) is 2.72. The Morgan fingerprint density at radius 2 is 2.07 bits per heavy atom. The van der Waals surface area contributed by atoms with Crippen molar-refractivity contribution in [2.45, 2.75) is 13.3 Å². The first-order valence-corrected chi connectivity index (χ1v) is 4.77. The number of nitrogens with zero attached hydrogens (tertiary/aromatic N) is 2. The monoisotopic (exact) mass is 202 g/mol. The van der Waals surface area contributed by atoms with Gasteiger partial charge in [-0.2, -0.15) is 4.39 Å². The lowest BCUT2D eigenvalue weighted by Gasteiger charge is -2.01. The molecule has 2 rings (SSSR count). The summed E-state index contributed by atoms with van der Waals surface area (Å²) in [5.41, 5.74) is 2.74. The molecule has 0 aromatic carbocycles. The fraction of sp³-hybridized carbons (Fsp3) is 0.167. The summed E-state index contributed by atoms with van der Waals surface area (Å²) in [6, 6.07) is 8.74. The van der Waals surface area contributed by atoms with Crippen LogP contribution in [0.25, 0.3) is 0 Å². The Morgan fingerprint density at radius 1 is 1.20 bits per heavy atom. The van der Waals surface area contributed by atoms with Gasteiger partial charge < -0.3 is 0 Å². The Bertz CT molecular complexity index is 451. The second-order valence-corrected chi connectivity index (χ2v) is 3.44. The fourth-order valence-electron chi connectivity index (χ4n) is 1.36. The molecule has 2 nitrogen and oxygen atoms in total. The first kappa shape index (κ1) is 9.77. The molecule has 0 aliphatic carbocycles. The Balaban J connectivity index is 2.18. The smallest absolute Gasteiger partial charge is 0.213 e. The number of pyridine rings is 2. The number of aryl methyl sites for hydroxylation is 1. The Hall–Kier alpha value is -1.77. The lowest BCUT2D eigenvalue weighted by atomic mass is 10.1. The second-order valence-electron chi connectivity index (χ2n) is 3.44. The van der Waals surface area contributed by atoms with Crippen LogP contribution in [0.5, 0.6) is 0 Å². The van der Waals surface area contributed by atoms with Crippen molar-refractivity contribution in [1.82, 2.24) is 9.97 Å². The average molecular weight is 202 g/mol. The van der Waals surface area contributed by atoms with Crippen LogP contribution in [0.4, 0.5) is 4.39 Å². The predicted molar refractivity (Wildman–Crippen MR) is 56.0 cm³/mol. The van der Waals surface area contributed by atoms with Gasteiger partial charge in [-0.3, -0.25) is 4.98 Å². The van der Waals surface area contributed by atoms with E-state index in [-0.39, 0.29) is 0 Å². The highest BCUT2D eigenvalue weighted by molar-refractivity contribution is 5.20. The van der Waals surface area contributed by atoms with Crippen molar-refractivity contribution in [3.63, 3.8) is 0 Å². The van der Waals surface area contributed by atoms with E-state index in [1.807, 2.05) is 25.1 Å². The number of hydrogen-bond acceptors (Lipinski definition) is 2. The van der Waals surface area contributed by atoms with Gasteiger partial charge in [0.25, 0.3) is 0 Å². The van der Waals surface area contributed by atoms with Gasteiger partial charge in [-0.25, -0.2) is 4.98 Å². The van der Waals surface area contributed by atoms with Crippen molar-refractivity contribution in [3.8, 4) is 0 Å². The summed E-state index contributed by atoms with van der Waals surface area (Å²) in [6.45, 7) is 1.93. The first-order chi connectivity index (χ1) is 7.24. The molecule has 2 heterocycles. The molecule has 0 saturated carbocycles. The molecular formula is C12H11FN2. The van der Waals surface area contributed by atoms with E-state index >= 15 is 0 Å². The standard InChI is InChI=1S/C12H11FN2/c1-9-5-6-10(8-14-9)7-11-3-2-4-12(13)15-11/h2-6,8H,7H2,1H3. The third kappa shape index (κ3) is 2.59. The minimum Gasteiger partial charge on any atom is -0.261 e. The van der Waals surface area contributed by atoms with E-state index in [4.69, 9.17) is 0 Å². The van der Waals surface area contributed by atoms with Crippen LogP contribution in [0, 0.1) is 12.9 Å². The van der Waals surface area contributed by atoms with E-state index < -0.39 is 5.95 Å². The molecule has 0 bridgehead atoms. The molecule has 0 unspecified atom stereocenters. The maximum atomic E-state index is 12.8. The van der Waals surface area contributed by atoms with Crippen molar-refractivity contribution in [2.24, 2.45) is 0 Å². The molecule has 15 heavy (non-hydrogen) atoms. The maximum absolute atomic E-state index is 12.8. The molecule has 0 N–H and O–H groups in total. The van der Waals surface area contributed by atoms with Crippen molar-refractivity contribution in [1.29, 1.82) is 0 Å². The van der Waals surface area contributed by atoms with Gasteiger partial charge in [0.1, 0.15) is 0 Å². The SMILES string of the molecule is Cc1ccc(Cc2cccc(F)n2)cn1. The maximum Gasteiger partial charge on any atom is 0.213 e. The largest absolute Gasteiger partial charge is 0.261 e. The van der Waals surface area contributed by atoms with Crippen molar-refractivity contribution in [2.75, 3.05) is 0 Å². The summed E-state index contributed by atoms with van der Waals surface area (Å²) in [7, 11) is 0. The van der Waals surface area contributed by atoms with E-state index in [0.29, 0.717) is 6.42 Å². The van der Waals surface area contributed by atoms with Crippen LogP contribution in [0.1, 0.15) is 17.0 Å². The molecule has 0 aliphatic heterocycles. The average Bonchev–Trinajstić information content (AvgIpc) is 2.22. The summed E-state index contributed by atoms with van der Waals surface area (Å²) < 4.78 is 12.8. The van der Waals surface area contributed by atoms with Crippen molar-refractivity contribution >= 4 is 0 Å². The molecule has 76 valence electrons. The highest BCUT2D eigenvalue weighted by Crippen LogP contribution is 2.07. The third-order valence-corrected chi connectivity index (χ3v) is 2.13. The molecule has 0 aliphatic rings. The van der Waals surface area contributed by atoms with E-state index in [1.54, 1.807) is 12.3 Å². The second kappa shape index (κ2) is 4.17. The molecule has 0 saturated heterocycles. The predicted octanol–water partition coefficient (Wildman–Crippen LogP) is 2.51. The quantitative estimate of drug-likeness (QED) is 0.699.